The fraction of sp³-hybridized carbons (Fsp3) is 0.143. The van der Waals surface area contributed by atoms with E-state index in [1.165, 1.54) is 19.4 Å². The van der Waals surface area contributed by atoms with Crippen molar-refractivity contribution in [3.8, 4) is 0 Å². The van der Waals surface area contributed by atoms with Crippen LogP contribution in [0.1, 0.15) is 11.1 Å². The molecule has 2 aromatic rings. The zero-order chi connectivity index (χ0) is 11.2. The Balaban J connectivity index is 0.00000144. The van der Waals surface area contributed by atoms with Gasteiger partial charge in [-0.1, -0.05) is 0 Å². The Morgan fingerprint density at radius 3 is 1.41 bits per heavy atom. The van der Waals surface area contributed by atoms with E-state index >= 15 is 0 Å². The van der Waals surface area contributed by atoms with E-state index in [4.69, 9.17) is 0 Å². The van der Waals surface area contributed by atoms with E-state index < -0.39 is 20.4 Å². The van der Waals surface area contributed by atoms with Gasteiger partial charge in [-0.3, -0.25) is 0 Å². The van der Waals surface area contributed by atoms with Gasteiger partial charge in [0.1, 0.15) is 0 Å². The summed E-state index contributed by atoms with van der Waals surface area (Å²) in [5, 5.41) is 0. The van der Waals surface area contributed by atoms with E-state index in [1.54, 1.807) is 0 Å². The molecule has 2 rings (SSSR count). The average molecular weight is 339 g/mol. The van der Waals surface area contributed by atoms with Crippen molar-refractivity contribution in [1.82, 2.24) is 0 Å². The monoisotopic (exact) mass is 337 g/mol. The molecule has 0 saturated carbocycles. The number of hydrogen-bond donors (Lipinski definition) is 0. The third-order valence-electron chi connectivity index (χ3n) is 2.59. The van der Waals surface area contributed by atoms with Crippen molar-refractivity contribution in [2.24, 2.45) is 0 Å². The van der Waals surface area contributed by atoms with Crippen LogP contribution in [0.3, 0.4) is 0 Å². The van der Waals surface area contributed by atoms with Crippen LogP contribution in [-0.2, 0) is 28.6 Å². The van der Waals surface area contributed by atoms with Gasteiger partial charge in [-0.15, -0.1) is 0 Å². The van der Waals surface area contributed by atoms with Gasteiger partial charge in [0, 0.05) is 0 Å². The van der Waals surface area contributed by atoms with Gasteiger partial charge in [0.2, 0.25) is 0 Å². The summed E-state index contributed by atoms with van der Waals surface area (Å²) in [6, 6.07) is 21.9. The maximum atomic E-state index is 2.30. The Hall–Kier alpha value is -0.170. The van der Waals surface area contributed by atoms with E-state index in [9.17, 15) is 0 Å². The third-order valence-corrected chi connectivity index (χ3v) is 10.0. The first-order valence-corrected chi connectivity index (χ1v) is 15.0. The van der Waals surface area contributed by atoms with E-state index in [1.807, 2.05) is 0 Å². The molecule has 0 aliphatic carbocycles. The molecule has 0 saturated heterocycles. The normalized spacial score (nSPS) is 9.41. The molecule has 0 amide bonds. The second-order valence-electron chi connectivity index (χ2n) is 4.07. The molecule has 0 radical (unpaired) electrons. The SMILES string of the molecule is [Cl-].[SiH2]=[Zr+]([CH2]c1ccccc1)[CH2]c1ccccc1. The second-order valence-corrected chi connectivity index (χ2v) is 15.4. The Kier molecular flexibility index (Phi) is 7.03. The van der Waals surface area contributed by atoms with Crippen molar-refractivity contribution in [2.75, 3.05) is 0 Å². The Labute approximate surface area is 119 Å². The predicted octanol–water partition coefficient (Wildman–Crippen LogP) is -0.443. The van der Waals surface area contributed by atoms with Gasteiger partial charge >= 0.3 is 107 Å². The Morgan fingerprint density at radius 1 is 0.706 bits per heavy atom. The molecule has 0 fully saturated rings. The van der Waals surface area contributed by atoms with Crippen molar-refractivity contribution in [3.05, 3.63) is 71.8 Å². The second kappa shape index (κ2) is 8.02. The van der Waals surface area contributed by atoms with E-state index in [-0.39, 0.29) is 12.4 Å². The summed E-state index contributed by atoms with van der Waals surface area (Å²) in [4.78, 5) is 0. The minimum atomic E-state index is -1.19. The predicted molar refractivity (Wildman–Crippen MR) is 68.8 cm³/mol. The third kappa shape index (κ3) is 5.33. The molecule has 3 heteroatoms. The van der Waals surface area contributed by atoms with Crippen LogP contribution < -0.4 is 12.4 Å². The molecule has 0 aliphatic rings. The van der Waals surface area contributed by atoms with Crippen molar-refractivity contribution in [3.63, 3.8) is 0 Å². The molecule has 17 heavy (non-hydrogen) atoms. The van der Waals surface area contributed by atoms with Crippen molar-refractivity contribution < 1.29 is 32.8 Å². The van der Waals surface area contributed by atoms with Crippen LogP contribution in [0, 0.1) is 0 Å². The first kappa shape index (κ1) is 14.9. The number of hydrogen-bond acceptors (Lipinski definition) is 0. The molecular weight excluding hydrogens is 323 g/mol. The summed E-state index contributed by atoms with van der Waals surface area (Å²) in [6.45, 7) is 2.30. The summed E-state index contributed by atoms with van der Waals surface area (Å²) in [5.74, 6) is 0. The molecule has 87 valence electrons. The quantitative estimate of drug-likeness (QED) is 0.663. The van der Waals surface area contributed by atoms with Crippen LogP contribution in [0.4, 0.5) is 0 Å². The van der Waals surface area contributed by atoms with E-state index in [2.05, 4.69) is 67.5 Å². The zero-order valence-corrected chi connectivity index (χ0v) is 14.4. The summed E-state index contributed by atoms with van der Waals surface area (Å²) in [5.41, 5.74) is 3.06. The van der Waals surface area contributed by atoms with Crippen LogP contribution in [0.15, 0.2) is 60.7 Å². The summed E-state index contributed by atoms with van der Waals surface area (Å²) < 4.78 is 2.74. The fourth-order valence-electron chi connectivity index (χ4n) is 1.83. The van der Waals surface area contributed by atoms with Crippen LogP contribution in [-0.4, -0.2) is 6.88 Å². The molecule has 0 unspecified atom stereocenters. The van der Waals surface area contributed by atoms with Crippen LogP contribution in [0.5, 0.6) is 0 Å². The molecule has 0 heterocycles. The van der Waals surface area contributed by atoms with E-state index in [0.29, 0.717) is 0 Å². The van der Waals surface area contributed by atoms with Gasteiger partial charge in [0.05, 0.1) is 0 Å². The van der Waals surface area contributed by atoms with Gasteiger partial charge in [-0.25, -0.2) is 0 Å². The van der Waals surface area contributed by atoms with Gasteiger partial charge in [0.15, 0.2) is 0 Å². The summed E-state index contributed by atoms with van der Waals surface area (Å²) >= 11 is -1.19. The Bertz CT molecular complexity index is 413. The topological polar surface area (TPSA) is 0 Å². The van der Waals surface area contributed by atoms with Gasteiger partial charge in [-0.05, 0) is 0 Å². The summed E-state index contributed by atoms with van der Waals surface area (Å²) in [7, 11) is 0. The molecule has 2 aromatic carbocycles. The van der Waals surface area contributed by atoms with E-state index in [0.717, 1.165) is 0 Å². The zero-order valence-electron chi connectivity index (χ0n) is 9.77. The van der Waals surface area contributed by atoms with Crippen molar-refractivity contribution in [1.29, 1.82) is 0 Å². The minimum absolute atomic E-state index is 0. The molecular formula is C14H16ClSiZr. The van der Waals surface area contributed by atoms with Gasteiger partial charge in [0.25, 0.3) is 0 Å². The van der Waals surface area contributed by atoms with Crippen molar-refractivity contribution >= 4 is 6.88 Å². The van der Waals surface area contributed by atoms with Gasteiger partial charge in [-0.2, -0.15) is 0 Å². The molecule has 0 aromatic heterocycles. The standard InChI is InChI=1S/2C7H7.ClH.H2Si.Zr/c2*1-7-5-3-2-4-6-7;;;/h2*2-6H,1H2;1H;1H2;/q;;;;+1/p-1. The van der Waals surface area contributed by atoms with Crippen molar-refractivity contribution in [2.45, 2.75) is 8.26 Å². The first-order chi connectivity index (χ1) is 7.84. The van der Waals surface area contributed by atoms with Crippen LogP contribution in [0.25, 0.3) is 0 Å². The fourth-order valence-corrected chi connectivity index (χ4v) is 9.55. The van der Waals surface area contributed by atoms with Crippen LogP contribution >= 0.6 is 0 Å². The first-order valence-electron chi connectivity index (χ1n) is 5.59. The molecule has 0 bridgehead atoms. The molecule has 0 spiro atoms. The van der Waals surface area contributed by atoms with Crippen LogP contribution in [0.2, 0.25) is 0 Å². The molecule has 0 nitrogen and oxygen atoms in total. The molecule has 0 N–H and O–H groups in total. The summed E-state index contributed by atoms with van der Waals surface area (Å²) in [6.07, 6.45) is 0. The number of rotatable bonds is 4. The number of halogens is 1. The average Bonchev–Trinajstić information content (AvgIpc) is 2.31. The molecule has 0 atom stereocenters. The maximum absolute atomic E-state index is 2.30. The number of benzene rings is 2. The van der Waals surface area contributed by atoms with Gasteiger partial charge < -0.3 is 12.4 Å². The Morgan fingerprint density at radius 2 is 1.06 bits per heavy atom. The molecule has 0 aliphatic heterocycles.